The van der Waals surface area contributed by atoms with Crippen LogP contribution in [0.15, 0.2) is 231 Å². The lowest BCUT2D eigenvalue weighted by Crippen LogP contribution is -2.26. The summed E-state index contributed by atoms with van der Waals surface area (Å²) in [6, 6.07) is 84.7. The minimum atomic E-state index is -0.560. The molecule has 12 rings (SSSR count). The maximum atomic E-state index is 2.53. The van der Waals surface area contributed by atoms with Gasteiger partial charge in [0.2, 0.25) is 0 Å². The fourth-order valence-corrected chi connectivity index (χ4v) is 10.3. The van der Waals surface area contributed by atoms with Crippen LogP contribution < -0.4 is 9.80 Å². The van der Waals surface area contributed by atoms with Crippen molar-refractivity contribution in [2.45, 2.75) is 5.41 Å². The second-order valence-electron chi connectivity index (χ2n) is 15.6. The first-order chi connectivity index (χ1) is 29.3. The van der Waals surface area contributed by atoms with E-state index in [2.05, 4.69) is 240 Å². The van der Waals surface area contributed by atoms with E-state index >= 15 is 0 Å². The minimum absolute atomic E-state index is 0.560. The average Bonchev–Trinajstić information content (AvgIpc) is 3.78. The summed E-state index contributed by atoms with van der Waals surface area (Å²) in [5.74, 6) is 0. The van der Waals surface area contributed by atoms with Gasteiger partial charge >= 0.3 is 0 Å². The third-order valence-corrected chi connectivity index (χ3v) is 12.6. The molecule has 2 aliphatic carbocycles. The predicted octanol–water partition coefficient (Wildman–Crippen LogP) is 15.3. The fourth-order valence-electron chi connectivity index (χ4n) is 10.3. The lowest BCUT2D eigenvalue weighted by molar-refractivity contribution is 0.802. The van der Waals surface area contributed by atoms with E-state index in [4.69, 9.17) is 0 Å². The SMILES string of the molecule is c1ccc(N(c2ccccc2)c2ccc3c4c(ccc3c2)-c2c(cc(N(c3ccccc3)c3ccccc3)c3ccccc23)C42c3ccccc3-c3ccccc32)cc1. The number of para-hydroxylation sites is 4. The molecule has 0 saturated carbocycles. The molecule has 0 radical (unpaired) electrons. The number of benzene rings is 10. The predicted molar refractivity (Wildman–Crippen MR) is 247 cm³/mol. The Morgan fingerprint density at radius 2 is 0.763 bits per heavy atom. The quantitative estimate of drug-likeness (QED) is 0.167. The summed E-state index contributed by atoms with van der Waals surface area (Å²) in [6.45, 7) is 0. The molecular formula is C57H38N2. The lowest BCUT2D eigenvalue weighted by atomic mass is 9.69. The summed E-state index contributed by atoms with van der Waals surface area (Å²) in [5.41, 5.74) is 16.8. The Bertz CT molecular complexity index is 3090. The Labute approximate surface area is 344 Å². The molecule has 0 unspecified atom stereocenters. The van der Waals surface area contributed by atoms with Crippen LogP contribution >= 0.6 is 0 Å². The first kappa shape index (κ1) is 33.5. The van der Waals surface area contributed by atoms with Crippen LogP contribution in [0.2, 0.25) is 0 Å². The number of anilines is 6. The van der Waals surface area contributed by atoms with Crippen molar-refractivity contribution in [3.05, 3.63) is 253 Å². The maximum Gasteiger partial charge on any atom is 0.0732 e. The number of hydrogen-bond acceptors (Lipinski definition) is 2. The van der Waals surface area contributed by atoms with Crippen LogP contribution in [0.4, 0.5) is 34.1 Å². The van der Waals surface area contributed by atoms with Gasteiger partial charge in [-0.3, -0.25) is 0 Å². The van der Waals surface area contributed by atoms with E-state index < -0.39 is 5.41 Å². The number of fused-ring (bicyclic) bond motifs is 14. The van der Waals surface area contributed by atoms with Crippen LogP contribution in [0.1, 0.15) is 22.3 Å². The molecule has 276 valence electrons. The van der Waals surface area contributed by atoms with E-state index in [9.17, 15) is 0 Å². The Kier molecular flexibility index (Phi) is 7.48. The summed E-state index contributed by atoms with van der Waals surface area (Å²) >= 11 is 0. The highest BCUT2D eigenvalue weighted by Crippen LogP contribution is 2.66. The van der Waals surface area contributed by atoms with Gasteiger partial charge in [-0.1, -0.05) is 164 Å². The van der Waals surface area contributed by atoms with Gasteiger partial charge in [0, 0.05) is 33.8 Å². The standard InChI is InChI=1S/C57H38N2/c1-5-19-40(20-6-1)58(41-21-7-2-8-22-41)44-34-36-45-39(37-44)33-35-50-55-49-30-14-13-29-48(49)54(59(42-23-9-3-10-24-42)43-25-11-4-12-26-43)38-53(55)57(56(45)50)51-31-17-15-27-46(51)47-28-16-18-32-52(47)57/h1-38H. The molecule has 10 aromatic carbocycles. The third-order valence-electron chi connectivity index (χ3n) is 12.6. The van der Waals surface area contributed by atoms with E-state index in [0.717, 1.165) is 28.4 Å². The first-order valence-corrected chi connectivity index (χ1v) is 20.4. The molecule has 0 saturated heterocycles. The van der Waals surface area contributed by atoms with Crippen molar-refractivity contribution in [3.8, 4) is 22.3 Å². The normalized spacial score (nSPS) is 12.9. The molecule has 0 atom stereocenters. The molecule has 10 aromatic rings. The molecule has 0 bridgehead atoms. The van der Waals surface area contributed by atoms with E-state index in [1.807, 2.05) is 0 Å². The van der Waals surface area contributed by atoms with E-state index in [-0.39, 0.29) is 0 Å². The number of nitrogens with zero attached hydrogens (tertiary/aromatic N) is 2. The van der Waals surface area contributed by atoms with Crippen molar-refractivity contribution in [3.63, 3.8) is 0 Å². The zero-order valence-electron chi connectivity index (χ0n) is 32.3. The second kappa shape index (κ2) is 13.2. The molecule has 2 nitrogen and oxygen atoms in total. The van der Waals surface area contributed by atoms with Crippen LogP contribution in [0.5, 0.6) is 0 Å². The monoisotopic (exact) mass is 750 g/mol. The van der Waals surface area contributed by atoms with Crippen molar-refractivity contribution in [1.29, 1.82) is 0 Å². The second-order valence-corrected chi connectivity index (χ2v) is 15.6. The zero-order valence-corrected chi connectivity index (χ0v) is 32.3. The van der Waals surface area contributed by atoms with Crippen molar-refractivity contribution in [2.24, 2.45) is 0 Å². The molecule has 2 heteroatoms. The number of rotatable bonds is 6. The van der Waals surface area contributed by atoms with Crippen LogP contribution in [0, 0.1) is 0 Å². The van der Waals surface area contributed by atoms with Crippen LogP contribution in [0.3, 0.4) is 0 Å². The lowest BCUT2D eigenvalue weighted by Gasteiger charge is -2.33. The van der Waals surface area contributed by atoms with E-state index in [1.165, 1.54) is 71.7 Å². The molecule has 0 fully saturated rings. The van der Waals surface area contributed by atoms with Gasteiger partial charge in [0.05, 0.1) is 11.1 Å². The first-order valence-electron chi connectivity index (χ1n) is 20.4. The summed E-state index contributed by atoms with van der Waals surface area (Å²) in [5, 5.41) is 4.96. The van der Waals surface area contributed by atoms with Gasteiger partial charge in [0.25, 0.3) is 0 Å². The van der Waals surface area contributed by atoms with Gasteiger partial charge in [-0.25, -0.2) is 0 Å². The highest BCUT2D eigenvalue weighted by Gasteiger charge is 2.53. The Hall–Kier alpha value is -7.68. The molecule has 1 spiro atoms. The van der Waals surface area contributed by atoms with E-state index in [1.54, 1.807) is 0 Å². The molecule has 0 aliphatic heterocycles. The largest absolute Gasteiger partial charge is 0.310 e. The van der Waals surface area contributed by atoms with Crippen LogP contribution in [-0.2, 0) is 5.41 Å². The molecule has 0 heterocycles. The Morgan fingerprint density at radius 1 is 0.288 bits per heavy atom. The van der Waals surface area contributed by atoms with Crippen molar-refractivity contribution >= 4 is 55.7 Å². The van der Waals surface area contributed by atoms with Gasteiger partial charge in [0.1, 0.15) is 0 Å². The molecular weight excluding hydrogens is 713 g/mol. The molecule has 0 N–H and O–H groups in total. The maximum absolute atomic E-state index is 2.53. The third kappa shape index (κ3) is 4.87. The van der Waals surface area contributed by atoms with Crippen molar-refractivity contribution in [1.82, 2.24) is 0 Å². The summed E-state index contributed by atoms with van der Waals surface area (Å²) < 4.78 is 0. The summed E-state index contributed by atoms with van der Waals surface area (Å²) in [4.78, 5) is 4.80. The highest BCUT2D eigenvalue weighted by atomic mass is 15.1. The zero-order chi connectivity index (χ0) is 38.9. The minimum Gasteiger partial charge on any atom is -0.310 e. The van der Waals surface area contributed by atoms with Gasteiger partial charge in [-0.2, -0.15) is 0 Å². The summed E-state index contributed by atoms with van der Waals surface area (Å²) in [7, 11) is 0. The Balaban J connectivity index is 1.19. The summed E-state index contributed by atoms with van der Waals surface area (Å²) in [6.07, 6.45) is 0. The molecule has 0 aromatic heterocycles. The van der Waals surface area contributed by atoms with Gasteiger partial charge in [-0.05, 0) is 127 Å². The fraction of sp³-hybridized carbons (Fsp3) is 0.0175. The van der Waals surface area contributed by atoms with Crippen molar-refractivity contribution < 1.29 is 0 Å². The van der Waals surface area contributed by atoms with Crippen LogP contribution in [0.25, 0.3) is 43.8 Å². The molecule has 59 heavy (non-hydrogen) atoms. The molecule has 0 amide bonds. The van der Waals surface area contributed by atoms with E-state index in [0.29, 0.717) is 0 Å². The van der Waals surface area contributed by atoms with Gasteiger partial charge in [0.15, 0.2) is 0 Å². The van der Waals surface area contributed by atoms with Gasteiger partial charge in [-0.15, -0.1) is 0 Å². The topological polar surface area (TPSA) is 6.48 Å². The van der Waals surface area contributed by atoms with Crippen molar-refractivity contribution in [2.75, 3.05) is 9.80 Å². The van der Waals surface area contributed by atoms with Crippen LogP contribution in [-0.4, -0.2) is 0 Å². The Morgan fingerprint density at radius 3 is 1.32 bits per heavy atom. The van der Waals surface area contributed by atoms with Gasteiger partial charge < -0.3 is 9.80 Å². The average molecular weight is 751 g/mol. The molecule has 2 aliphatic rings. The highest BCUT2D eigenvalue weighted by molar-refractivity contribution is 6.15. The number of hydrogen-bond donors (Lipinski definition) is 0. The smallest absolute Gasteiger partial charge is 0.0732 e.